The molecule has 1 heterocycles. The SMILES string of the molecule is [CH2]C(=O)c1ccc(N(C(=O)OC(C)(C)C)C(=O)OC(C)(C)C)cn1. The van der Waals surface area contributed by atoms with Crippen LogP contribution in [-0.4, -0.2) is 34.2 Å². The quantitative estimate of drug-likeness (QED) is 0.765. The van der Waals surface area contributed by atoms with Gasteiger partial charge in [-0.15, -0.1) is 0 Å². The van der Waals surface area contributed by atoms with Crippen LogP contribution in [0.4, 0.5) is 15.3 Å². The summed E-state index contributed by atoms with van der Waals surface area (Å²) >= 11 is 0. The topological polar surface area (TPSA) is 85.8 Å². The molecule has 24 heavy (non-hydrogen) atoms. The molecule has 1 aromatic rings. The molecule has 0 saturated carbocycles. The van der Waals surface area contributed by atoms with Crippen molar-refractivity contribution >= 4 is 23.7 Å². The van der Waals surface area contributed by atoms with Crippen LogP contribution < -0.4 is 4.90 Å². The molecule has 0 aliphatic carbocycles. The molecule has 2 amide bonds. The normalized spacial score (nSPS) is 11.6. The van der Waals surface area contributed by atoms with Crippen molar-refractivity contribution in [3.8, 4) is 0 Å². The van der Waals surface area contributed by atoms with Crippen LogP contribution in [0.1, 0.15) is 52.0 Å². The third-order valence-corrected chi connectivity index (χ3v) is 2.44. The van der Waals surface area contributed by atoms with Gasteiger partial charge in [-0.05, 0) is 53.7 Å². The van der Waals surface area contributed by atoms with Crippen LogP contribution in [0.2, 0.25) is 0 Å². The number of carbonyl (C=O) groups is 3. The maximum absolute atomic E-state index is 12.4. The fourth-order valence-corrected chi connectivity index (χ4v) is 1.58. The maximum atomic E-state index is 12.4. The van der Waals surface area contributed by atoms with Gasteiger partial charge >= 0.3 is 12.2 Å². The van der Waals surface area contributed by atoms with E-state index in [1.54, 1.807) is 41.5 Å². The average molecular weight is 335 g/mol. The standard InChI is InChI=1S/C17H23N2O5/c1-11(20)13-9-8-12(10-18-13)19(14(21)23-16(2,3)4)15(22)24-17(5,6)7/h8-10H,1H2,2-7H3. The van der Waals surface area contributed by atoms with Crippen molar-refractivity contribution in [3.63, 3.8) is 0 Å². The summed E-state index contributed by atoms with van der Waals surface area (Å²) in [6, 6.07) is 2.77. The molecule has 7 nitrogen and oxygen atoms in total. The number of ketones is 1. The molecule has 131 valence electrons. The van der Waals surface area contributed by atoms with Crippen LogP contribution in [-0.2, 0) is 9.47 Å². The molecule has 0 atom stereocenters. The summed E-state index contributed by atoms with van der Waals surface area (Å²) in [6.07, 6.45) is -0.578. The van der Waals surface area contributed by atoms with Gasteiger partial charge in [-0.2, -0.15) is 4.90 Å². The van der Waals surface area contributed by atoms with Gasteiger partial charge in [0.05, 0.1) is 11.9 Å². The molecule has 0 spiro atoms. The van der Waals surface area contributed by atoms with Gasteiger partial charge in [-0.25, -0.2) is 9.59 Å². The summed E-state index contributed by atoms with van der Waals surface area (Å²) < 4.78 is 10.5. The zero-order chi connectivity index (χ0) is 18.7. The Morgan fingerprint density at radius 2 is 1.42 bits per heavy atom. The van der Waals surface area contributed by atoms with E-state index >= 15 is 0 Å². The van der Waals surface area contributed by atoms with Crippen molar-refractivity contribution < 1.29 is 23.9 Å². The first-order chi connectivity index (χ1) is 10.8. The van der Waals surface area contributed by atoms with E-state index in [9.17, 15) is 14.4 Å². The first-order valence-corrected chi connectivity index (χ1v) is 7.38. The van der Waals surface area contributed by atoms with Crippen molar-refractivity contribution in [2.24, 2.45) is 0 Å². The second-order valence-electron chi connectivity index (χ2n) is 7.12. The number of hydrogen-bond donors (Lipinski definition) is 0. The lowest BCUT2D eigenvalue weighted by atomic mass is 10.2. The Hall–Kier alpha value is -2.44. The largest absolute Gasteiger partial charge is 0.443 e. The van der Waals surface area contributed by atoms with Crippen LogP contribution in [0.3, 0.4) is 0 Å². The number of amides is 2. The number of hydrogen-bond acceptors (Lipinski definition) is 6. The van der Waals surface area contributed by atoms with E-state index in [1.165, 1.54) is 18.3 Å². The predicted molar refractivity (Wildman–Crippen MR) is 88.9 cm³/mol. The maximum Gasteiger partial charge on any atom is 0.424 e. The van der Waals surface area contributed by atoms with E-state index in [4.69, 9.17) is 9.47 Å². The number of anilines is 1. The molecule has 0 N–H and O–H groups in total. The first kappa shape index (κ1) is 19.6. The monoisotopic (exact) mass is 335 g/mol. The summed E-state index contributed by atoms with van der Waals surface area (Å²) in [5, 5.41) is 0. The Morgan fingerprint density at radius 1 is 0.958 bits per heavy atom. The third kappa shape index (κ3) is 5.98. The first-order valence-electron chi connectivity index (χ1n) is 7.38. The summed E-state index contributed by atoms with van der Waals surface area (Å²) in [6.45, 7) is 13.3. The number of nitrogens with zero attached hydrogens (tertiary/aromatic N) is 2. The Morgan fingerprint density at radius 3 is 1.71 bits per heavy atom. The molecule has 0 unspecified atom stereocenters. The van der Waals surface area contributed by atoms with Crippen LogP contribution in [0.15, 0.2) is 18.3 Å². The van der Waals surface area contributed by atoms with Gasteiger partial charge in [-0.1, -0.05) is 0 Å². The van der Waals surface area contributed by atoms with Gasteiger partial charge in [0.25, 0.3) is 0 Å². The van der Waals surface area contributed by atoms with E-state index < -0.39 is 29.2 Å². The van der Waals surface area contributed by atoms with Gasteiger partial charge in [0.2, 0.25) is 0 Å². The number of pyridine rings is 1. The summed E-state index contributed by atoms with van der Waals surface area (Å²) in [5.74, 6) is -0.470. The van der Waals surface area contributed by atoms with Crippen molar-refractivity contribution in [2.45, 2.75) is 52.7 Å². The van der Waals surface area contributed by atoms with Gasteiger partial charge in [0, 0.05) is 6.92 Å². The van der Waals surface area contributed by atoms with E-state index in [2.05, 4.69) is 11.9 Å². The highest BCUT2D eigenvalue weighted by molar-refractivity contribution is 6.09. The molecule has 1 radical (unpaired) electrons. The molecule has 7 heteroatoms. The lowest BCUT2D eigenvalue weighted by Gasteiger charge is -2.28. The Balaban J connectivity index is 3.19. The van der Waals surface area contributed by atoms with E-state index in [1.807, 2.05) is 0 Å². The molecule has 0 saturated heterocycles. The van der Waals surface area contributed by atoms with Gasteiger partial charge in [0.1, 0.15) is 16.9 Å². The molecule has 0 aliphatic rings. The summed E-state index contributed by atoms with van der Waals surface area (Å²) in [7, 11) is 0. The van der Waals surface area contributed by atoms with Crippen molar-refractivity contribution in [3.05, 3.63) is 30.9 Å². The zero-order valence-corrected chi connectivity index (χ0v) is 14.9. The molecular formula is C17H23N2O5. The lowest BCUT2D eigenvalue weighted by Crippen LogP contribution is -2.43. The smallest absolute Gasteiger partial charge is 0.424 e. The summed E-state index contributed by atoms with van der Waals surface area (Å²) in [5.41, 5.74) is -1.35. The van der Waals surface area contributed by atoms with Crippen LogP contribution in [0.25, 0.3) is 0 Å². The molecule has 0 aromatic carbocycles. The summed E-state index contributed by atoms with van der Waals surface area (Å²) in [4.78, 5) is 40.6. The zero-order valence-electron chi connectivity index (χ0n) is 14.9. The molecular weight excluding hydrogens is 312 g/mol. The van der Waals surface area contributed by atoms with Gasteiger partial charge in [0.15, 0.2) is 5.78 Å². The molecule has 1 rings (SSSR count). The highest BCUT2D eigenvalue weighted by Gasteiger charge is 2.32. The second-order valence-corrected chi connectivity index (χ2v) is 7.12. The van der Waals surface area contributed by atoms with Crippen LogP contribution in [0, 0.1) is 6.92 Å². The Labute approximate surface area is 142 Å². The number of rotatable bonds is 2. The Bertz CT molecular complexity index is 596. The second kappa shape index (κ2) is 6.98. The van der Waals surface area contributed by atoms with Gasteiger partial charge < -0.3 is 9.47 Å². The van der Waals surface area contributed by atoms with Crippen molar-refractivity contribution in [2.75, 3.05) is 4.90 Å². The molecule has 0 fully saturated rings. The van der Waals surface area contributed by atoms with Crippen LogP contribution >= 0.6 is 0 Å². The minimum atomic E-state index is -0.896. The highest BCUT2D eigenvalue weighted by atomic mass is 16.6. The number of imide groups is 1. The van der Waals surface area contributed by atoms with Gasteiger partial charge in [-0.3, -0.25) is 9.78 Å². The minimum absolute atomic E-state index is 0.118. The Kier molecular flexibility index (Phi) is 5.71. The lowest BCUT2D eigenvalue weighted by molar-refractivity contribution is 0.0430. The molecule has 1 aromatic heterocycles. The fourth-order valence-electron chi connectivity index (χ4n) is 1.58. The van der Waals surface area contributed by atoms with E-state index in [0.29, 0.717) is 0 Å². The highest BCUT2D eigenvalue weighted by Crippen LogP contribution is 2.21. The molecule has 0 aliphatic heterocycles. The number of Topliss-reactive ketones (excluding diaryl/α,β-unsaturated/α-hetero) is 1. The fraction of sp³-hybridized carbons (Fsp3) is 0.471. The third-order valence-electron chi connectivity index (χ3n) is 2.44. The van der Waals surface area contributed by atoms with Crippen LogP contribution in [0.5, 0.6) is 0 Å². The number of aromatic nitrogens is 1. The van der Waals surface area contributed by atoms with E-state index in [0.717, 1.165) is 4.90 Å². The van der Waals surface area contributed by atoms with Crippen molar-refractivity contribution in [1.82, 2.24) is 4.98 Å². The minimum Gasteiger partial charge on any atom is -0.443 e. The number of carbonyl (C=O) groups excluding carboxylic acids is 3. The van der Waals surface area contributed by atoms with Crippen molar-refractivity contribution in [1.29, 1.82) is 0 Å². The van der Waals surface area contributed by atoms with E-state index in [-0.39, 0.29) is 11.4 Å². The average Bonchev–Trinajstić information content (AvgIpc) is 2.34. The predicted octanol–water partition coefficient (Wildman–Crippen LogP) is 3.77. The molecule has 0 bridgehead atoms. The number of ether oxygens (including phenoxy) is 2.